The number of rotatable bonds is 3. The summed E-state index contributed by atoms with van der Waals surface area (Å²) in [7, 11) is 2.17. The number of likely N-dealkylation sites (tertiary alicyclic amines) is 2. The van der Waals surface area contributed by atoms with Gasteiger partial charge in [0.25, 0.3) is 0 Å². The molecule has 2 aliphatic rings. The molecule has 0 unspecified atom stereocenters. The quantitative estimate of drug-likeness (QED) is 0.675. The number of benzene rings is 1. The van der Waals surface area contributed by atoms with Crippen molar-refractivity contribution in [3.8, 4) is 0 Å². The zero-order valence-corrected chi connectivity index (χ0v) is 19.4. The molecular formula is C24H42N2O3. The van der Waals surface area contributed by atoms with Gasteiger partial charge < -0.3 is 14.5 Å². The van der Waals surface area contributed by atoms with Gasteiger partial charge in [0.15, 0.2) is 0 Å². The molecule has 0 aromatic heterocycles. The molecule has 5 nitrogen and oxygen atoms in total. The van der Waals surface area contributed by atoms with Crippen LogP contribution in [0.15, 0.2) is 30.3 Å². The summed E-state index contributed by atoms with van der Waals surface area (Å²) in [6.07, 6.45) is 4.03. The van der Waals surface area contributed by atoms with E-state index in [0.29, 0.717) is 19.7 Å². The van der Waals surface area contributed by atoms with E-state index >= 15 is 0 Å². The summed E-state index contributed by atoms with van der Waals surface area (Å²) in [5.41, 5.74) is 0.981. The van der Waals surface area contributed by atoms with Gasteiger partial charge in [0.1, 0.15) is 12.4 Å². The Kier molecular flexibility index (Phi) is 15.9. The van der Waals surface area contributed by atoms with Crippen molar-refractivity contribution in [1.82, 2.24) is 9.80 Å². The Labute approximate surface area is 178 Å². The Balaban J connectivity index is 0.000000654. The first-order valence-electron chi connectivity index (χ1n) is 11.2. The van der Waals surface area contributed by atoms with Gasteiger partial charge >= 0.3 is 6.09 Å². The largest absolute Gasteiger partial charge is 0.445 e. The first-order chi connectivity index (χ1) is 14.1. The minimum atomic E-state index is -0.286. The molecule has 0 N–H and O–H groups in total. The van der Waals surface area contributed by atoms with Gasteiger partial charge in [-0.05, 0) is 58.3 Å². The molecular weight excluding hydrogens is 364 g/mol. The summed E-state index contributed by atoms with van der Waals surface area (Å²) in [5, 5.41) is 0. The fourth-order valence-corrected chi connectivity index (χ4v) is 3.15. The number of ether oxygens (including phenoxy) is 1. The molecule has 0 bridgehead atoms. The predicted molar refractivity (Wildman–Crippen MR) is 121 cm³/mol. The van der Waals surface area contributed by atoms with Crippen molar-refractivity contribution in [2.75, 3.05) is 33.2 Å². The van der Waals surface area contributed by atoms with E-state index in [2.05, 4.69) is 11.9 Å². The molecule has 1 amide bonds. The van der Waals surface area contributed by atoms with Crippen molar-refractivity contribution in [1.29, 1.82) is 0 Å². The van der Waals surface area contributed by atoms with Gasteiger partial charge in [-0.15, -0.1) is 0 Å². The Morgan fingerprint density at radius 1 is 0.931 bits per heavy atom. The second-order valence-electron chi connectivity index (χ2n) is 6.92. The average Bonchev–Trinajstić information content (AvgIpc) is 3.27. The highest BCUT2D eigenvalue weighted by molar-refractivity contribution is 5.78. The summed E-state index contributed by atoms with van der Waals surface area (Å²) >= 11 is 0. The molecule has 1 aromatic carbocycles. The number of hydrogen-bond donors (Lipinski definition) is 0. The van der Waals surface area contributed by atoms with Crippen LogP contribution in [0.5, 0.6) is 0 Å². The van der Waals surface area contributed by atoms with Crippen molar-refractivity contribution in [2.45, 2.75) is 66.9 Å². The van der Waals surface area contributed by atoms with Gasteiger partial charge in [-0.1, -0.05) is 58.0 Å². The van der Waals surface area contributed by atoms with E-state index in [-0.39, 0.29) is 17.8 Å². The number of carbonyl (C=O) groups excluding carboxylic acids is 2. The Bertz CT molecular complexity index is 534. The maximum Gasteiger partial charge on any atom is 0.410 e. The molecule has 2 aliphatic heterocycles. The Morgan fingerprint density at radius 2 is 1.45 bits per heavy atom. The lowest BCUT2D eigenvalue weighted by Crippen LogP contribution is -2.40. The normalized spacial score (nSPS) is 16.3. The van der Waals surface area contributed by atoms with Gasteiger partial charge in [-0.2, -0.15) is 0 Å². The van der Waals surface area contributed by atoms with Crippen molar-refractivity contribution in [3.05, 3.63) is 35.9 Å². The smallest absolute Gasteiger partial charge is 0.410 e. The standard InChI is InChI=1S/C15H19NO3.C5H11N.2C2H6/c1-12(17)14-7-9-16(10-8-14)15(18)19-11-13-5-3-2-4-6-13;1-6-4-2-3-5-6;2*1-2/h2-6,14H,7-11H2,1H3;2-5H2,1H3;2*1-2H3. The summed E-state index contributed by atoms with van der Waals surface area (Å²) in [6, 6.07) is 9.62. The van der Waals surface area contributed by atoms with Crippen LogP contribution < -0.4 is 0 Å². The van der Waals surface area contributed by atoms with Gasteiger partial charge in [0.2, 0.25) is 0 Å². The number of piperidine rings is 1. The molecule has 3 rings (SSSR count). The number of amides is 1. The van der Waals surface area contributed by atoms with Crippen LogP contribution in [-0.4, -0.2) is 54.9 Å². The molecule has 5 heteroatoms. The number of hydrogen-bond acceptors (Lipinski definition) is 4. The second-order valence-corrected chi connectivity index (χ2v) is 6.92. The van der Waals surface area contributed by atoms with E-state index in [4.69, 9.17) is 4.74 Å². The van der Waals surface area contributed by atoms with E-state index < -0.39 is 0 Å². The van der Waals surface area contributed by atoms with Gasteiger partial charge in [-0.3, -0.25) is 4.79 Å². The summed E-state index contributed by atoms with van der Waals surface area (Å²) in [6.45, 7) is 13.8. The van der Waals surface area contributed by atoms with Crippen molar-refractivity contribution < 1.29 is 14.3 Å². The third-order valence-electron chi connectivity index (χ3n) is 4.86. The zero-order chi connectivity index (χ0) is 22.1. The van der Waals surface area contributed by atoms with Crippen molar-refractivity contribution >= 4 is 11.9 Å². The molecule has 2 heterocycles. The zero-order valence-electron chi connectivity index (χ0n) is 19.4. The molecule has 2 saturated heterocycles. The van der Waals surface area contributed by atoms with Crippen LogP contribution in [0.1, 0.15) is 65.9 Å². The third kappa shape index (κ3) is 11.6. The summed E-state index contributed by atoms with van der Waals surface area (Å²) in [5.74, 6) is 0.329. The summed E-state index contributed by atoms with van der Waals surface area (Å²) < 4.78 is 5.27. The fourth-order valence-electron chi connectivity index (χ4n) is 3.15. The van der Waals surface area contributed by atoms with Gasteiger partial charge in [0.05, 0.1) is 0 Å². The number of Topliss-reactive ketones (excluding diaryl/α,β-unsaturated/α-hetero) is 1. The lowest BCUT2D eigenvalue weighted by Gasteiger charge is -2.30. The molecule has 0 aliphatic carbocycles. The molecule has 0 radical (unpaired) electrons. The lowest BCUT2D eigenvalue weighted by atomic mass is 9.94. The van der Waals surface area contributed by atoms with E-state index in [1.807, 2.05) is 58.0 Å². The maximum absolute atomic E-state index is 11.9. The van der Waals surface area contributed by atoms with E-state index in [1.54, 1.807) is 11.8 Å². The van der Waals surface area contributed by atoms with E-state index in [1.165, 1.54) is 25.9 Å². The molecule has 29 heavy (non-hydrogen) atoms. The molecule has 1 aromatic rings. The maximum atomic E-state index is 11.9. The Hall–Kier alpha value is -1.88. The Morgan fingerprint density at radius 3 is 1.86 bits per heavy atom. The molecule has 0 spiro atoms. The minimum absolute atomic E-state index is 0.109. The van der Waals surface area contributed by atoms with E-state index in [0.717, 1.165) is 18.4 Å². The lowest BCUT2D eigenvalue weighted by molar-refractivity contribution is -0.122. The van der Waals surface area contributed by atoms with Crippen LogP contribution in [-0.2, 0) is 16.1 Å². The van der Waals surface area contributed by atoms with Crippen molar-refractivity contribution in [3.63, 3.8) is 0 Å². The number of ketones is 1. The highest BCUT2D eigenvalue weighted by atomic mass is 16.6. The van der Waals surface area contributed by atoms with Crippen LogP contribution in [0.3, 0.4) is 0 Å². The number of carbonyl (C=O) groups is 2. The van der Waals surface area contributed by atoms with Crippen LogP contribution in [0.4, 0.5) is 4.79 Å². The van der Waals surface area contributed by atoms with Gasteiger partial charge in [-0.25, -0.2) is 4.79 Å². The second kappa shape index (κ2) is 17.0. The van der Waals surface area contributed by atoms with Crippen LogP contribution in [0.25, 0.3) is 0 Å². The van der Waals surface area contributed by atoms with Crippen LogP contribution in [0.2, 0.25) is 0 Å². The van der Waals surface area contributed by atoms with Crippen molar-refractivity contribution in [2.24, 2.45) is 5.92 Å². The predicted octanol–water partition coefficient (Wildman–Crippen LogP) is 5.39. The monoisotopic (exact) mass is 406 g/mol. The molecule has 0 atom stereocenters. The molecule has 2 fully saturated rings. The summed E-state index contributed by atoms with van der Waals surface area (Å²) in [4.78, 5) is 27.2. The topological polar surface area (TPSA) is 49.9 Å². The highest BCUT2D eigenvalue weighted by Crippen LogP contribution is 2.18. The van der Waals surface area contributed by atoms with Gasteiger partial charge in [0, 0.05) is 19.0 Å². The highest BCUT2D eigenvalue weighted by Gasteiger charge is 2.25. The minimum Gasteiger partial charge on any atom is -0.445 e. The first-order valence-corrected chi connectivity index (χ1v) is 11.2. The fraction of sp³-hybridized carbons (Fsp3) is 0.667. The SMILES string of the molecule is CC.CC.CC(=O)C1CCN(C(=O)OCc2ccccc2)CC1.CN1CCCC1. The average molecular weight is 407 g/mol. The molecule has 166 valence electrons. The molecule has 0 saturated carbocycles. The third-order valence-corrected chi connectivity index (χ3v) is 4.86. The van der Waals surface area contributed by atoms with Crippen LogP contribution in [0, 0.1) is 5.92 Å². The first kappa shape index (κ1) is 27.1. The van der Waals surface area contributed by atoms with Crippen LogP contribution >= 0.6 is 0 Å². The number of nitrogens with zero attached hydrogens (tertiary/aromatic N) is 2. The van der Waals surface area contributed by atoms with E-state index in [9.17, 15) is 9.59 Å².